The first-order chi connectivity index (χ1) is 7.25. The van der Waals surface area contributed by atoms with E-state index in [0.717, 1.165) is 10.2 Å². The van der Waals surface area contributed by atoms with E-state index in [1.165, 1.54) is 19.3 Å². The van der Waals surface area contributed by atoms with Gasteiger partial charge in [-0.3, -0.25) is 0 Å². The molecule has 0 aliphatic heterocycles. The normalized spacial score (nSPS) is 15.5. The molecule has 0 atom stereocenters. The minimum absolute atomic E-state index is 0.576. The zero-order chi connectivity index (χ0) is 10.7. The van der Waals surface area contributed by atoms with Gasteiger partial charge in [0.25, 0.3) is 0 Å². The minimum Gasteiger partial charge on any atom is -0.360 e. The van der Waals surface area contributed by atoms with Crippen molar-refractivity contribution in [2.75, 3.05) is 5.32 Å². The number of thiocarbonyl (C=S) groups is 1. The summed E-state index contributed by atoms with van der Waals surface area (Å²) in [4.78, 5) is 0. The summed E-state index contributed by atoms with van der Waals surface area (Å²) in [5.41, 5.74) is 1.01. The molecule has 1 fully saturated rings. The molecule has 1 aromatic carbocycles. The van der Waals surface area contributed by atoms with E-state index >= 15 is 0 Å². The number of nitrogens with one attached hydrogen (secondary N) is 2. The Balaban J connectivity index is 1.90. The Morgan fingerprint density at radius 2 is 2.07 bits per heavy atom. The highest BCUT2D eigenvalue weighted by molar-refractivity contribution is 9.10. The number of hydrogen-bond acceptors (Lipinski definition) is 1. The Hall–Kier alpha value is -0.610. The van der Waals surface area contributed by atoms with E-state index < -0.39 is 0 Å². The topological polar surface area (TPSA) is 24.1 Å². The first-order valence-corrected chi connectivity index (χ1v) is 6.28. The molecule has 0 bridgehead atoms. The van der Waals surface area contributed by atoms with Gasteiger partial charge in [0.15, 0.2) is 5.11 Å². The van der Waals surface area contributed by atoms with Crippen LogP contribution in [0.3, 0.4) is 0 Å². The Labute approximate surface area is 104 Å². The zero-order valence-corrected chi connectivity index (χ0v) is 10.7. The van der Waals surface area contributed by atoms with E-state index in [4.69, 9.17) is 12.2 Å². The van der Waals surface area contributed by atoms with Gasteiger partial charge in [-0.1, -0.05) is 12.1 Å². The molecule has 1 aromatic rings. The minimum atomic E-state index is 0.576. The highest BCUT2D eigenvalue weighted by atomic mass is 79.9. The van der Waals surface area contributed by atoms with Crippen LogP contribution in [0.25, 0.3) is 0 Å². The molecule has 0 amide bonds. The second-order valence-corrected chi connectivity index (χ2v) is 4.97. The van der Waals surface area contributed by atoms with Crippen molar-refractivity contribution in [3.8, 4) is 0 Å². The second-order valence-electron chi connectivity index (χ2n) is 3.71. The quantitative estimate of drug-likeness (QED) is 0.815. The van der Waals surface area contributed by atoms with Crippen molar-refractivity contribution in [3.63, 3.8) is 0 Å². The van der Waals surface area contributed by atoms with Gasteiger partial charge in [0.05, 0.1) is 5.69 Å². The van der Waals surface area contributed by atoms with E-state index in [-0.39, 0.29) is 0 Å². The monoisotopic (exact) mass is 284 g/mol. The standard InChI is InChI=1S/C11H13BrN2S/c12-9-6-1-2-7-10(9)14-11(15)13-8-4-3-5-8/h1-2,6-8H,3-5H2,(H2,13,14,15). The largest absolute Gasteiger partial charge is 0.360 e. The molecule has 1 aliphatic rings. The molecule has 0 unspecified atom stereocenters. The summed E-state index contributed by atoms with van der Waals surface area (Å²) >= 11 is 8.70. The number of rotatable bonds is 2. The third-order valence-electron chi connectivity index (χ3n) is 2.56. The smallest absolute Gasteiger partial charge is 0.171 e. The van der Waals surface area contributed by atoms with E-state index in [1.54, 1.807) is 0 Å². The van der Waals surface area contributed by atoms with Crippen LogP contribution in [0.1, 0.15) is 19.3 Å². The fourth-order valence-corrected chi connectivity index (χ4v) is 2.12. The van der Waals surface area contributed by atoms with Crippen molar-refractivity contribution in [1.29, 1.82) is 0 Å². The number of halogens is 1. The highest BCUT2D eigenvalue weighted by Crippen LogP contribution is 2.22. The summed E-state index contributed by atoms with van der Waals surface area (Å²) in [7, 11) is 0. The van der Waals surface area contributed by atoms with E-state index in [1.807, 2.05) is 24.3 Å². The van der Waals surface area contributed by atoms with Crippen molar-refractivity contribution in [2.24, 2.45) is 0 Å². The number of benzene rings is 1. The fraction of sp³-hybridized carbons (Fsp3) is 0.364. The van der Waals surface area contributed by atoms with Gasteiger partial charge in [-0.25, -0.2) is 0 Å². The Morgan fingerprint density at radius 3 is 2.67 bits per heavy atom. The molecule has 0 aromatic heterocycles. The molecule has 80 valence electrons. The van der Waals surface area contributed by atoms with Crippen LogP contribution in [0.5, 0.6) is 0 Å². The lowest BCUT2D eigenvalue weighted by molar-refractivity contribution is 0.385. The van der Waals surface area contributed by atoms with Gasteiger partial charge in [-0.2, -0.15) is 0 Å². The van der Waals surface area contributed by atoms with Crippen LogP contribution in [0.2, 0.25) is 0 Å². The number of hydrogen-bond donors (Lipinski definition) is 2. The molecule has 0 heterocycles. The molecule has 0 radical (unpaired) electrons. The molecular weight excluding hydrogens is 272 g/mol. The summed E-state index contributed by atoms with van der Waals surface area (Å²) in [5, 5.41) is 7.19. The Bertz CT molecular complexity index is 363. The van der Waals surface area contributed by atoms with Crippen LogP contribution < -0.4 is 10.6 Å². The van der Waals surface area contributed by atoms with Crippen molar-refractivity contribution in [1.82, 2.24) is 5.32 Å². The van der Waals surface area contributed by atoms with E-state index in [0.29, 0.717) is 11.2 Å². The molecule has 2 rings (SSSR count). The van der Waals surface area contributed by atoms with Gasteiger partial charge >= 0.3 is 0 Å². The third-order valence-corrected chi connectivity index (χ3v) is 3.47. The summed E-state index contributed by atoms with van der Waals surface area (Å²) in [6.45, 7) is 0. The third kappa shape index (κ3) is 2.92. The van der Waals surface area contributed by atoms with Crippen LogP contribution in [-0.4, -0.2) is 11.2 Å². The molecule has 15 heavy (non-hydrogen) atoms. The first-order valence-electron chi connectivity index (χ1n) is 5.08. The molecule has 1 saturated carbocycles. The Kier molecular flexibility index (Phi) is 3.59. The maximum Gasteiger partial charge on any atom is 0.171 e. The van der Waals surface area contributed by atoms with Crippen LogP contribution in [0.15, 0.2) is 28.7 Å². The number of anilines is 1. The summed E-state index contributed by atoms with van der Waals surface area (Å²) in [6.07, 6.45) is 3.78. The second kappa shape index (κ2) is 4.94. The summed E-state index contributed by atoms with van der Waals surface area (Å²) in [5.74, 6) is 0. The lowest BCUT2D eigenvalue weighted by Crippen LogP contribution is -2.41. The van der Waals surface area contributed by atoms with Crippen LogP contribution >= 0.6 is 28.1 Å². The first kappa shape index (κ1) is 10.9. The molecule has 4 heteroatoms. The molecule has 2 nitrogen and oxygen atoms in total. The lowest BCUT2D eigenvalue weighted by Gasteiger charge is -2.27. The molecule has 0 saturated heterocycles. The van der Waals surface area contributed by atoms with Crippen molar-refractivity contribution < 1.29 is 0 Å². The fourth-order valence-electron chi connectivity index (χ4n) is 1.46. The molecule has 0 spiro atoms. The lowest BCUT2D eigenvalue weighted by atomic mass is 9.93. The van der Waals surface area contributed by atoms with Gasteiger partial charge < -0.3 is 10.6 Å². The van der Waals surface area contributed by atoms with Gasteiger partial charge in [0.2, 0.25) is 0 Å². The van der Waals surface area contributed by atoms with Crippen LogP contribution in [0, 0.1) is 0 Å². The Morgan fingerprint density at radius 1 is 1.33 bits per heavy atom. The van der Waals surface area contributed by atoms with Gasteiger partial charge in [-0.15, -0.1) is 0 Å². The van der Waals surface area contributed by atoms with Crippen LogP contribution in [0.4, 0.5) is 5.69 Å². The zero-order valence-electron chi connectivity index (χ0n) is 8.29. The average molecular weight is 285 g/mol. The van der Waals surface area contributed by atoms with Gasteiger partial charge in [0, 0.05) is 10.5 Å². The average Bonchev–Trinajstić information content (AvgIpc) is 2.16. The highest BCUT2D eigenvalue weighted by Gasteiger charge is 2.17. The van der Waals surface area contributed by atoms with E-state index in [2.05, 4.69) is 26.6 Å². The SMILES string of the molecule is S=C(Nc1ccccc1Br)NC1CCC1. The number of para-hydroxylation sites is 1. The van der Waals surface area contributed by atoms with Crippen molar-refractivity contribution in [3.05, 3.63) is 28.7 Å². The van der Waals surface area contributed by atoms with Crippen molar-refractivity contribution in [2.45, 2.75) is 25.3 Å². The van der Waals surface area contributed by atoms with E-state index in [9.17, 15) is 0 Å². The predicted octanol–water partition coefficient (Wildman–Crippen LogP) is 3.29. The molecular formula is C11H13BrN2S. The maximum atomic E-state index is 5.23. The summed E-state index contributed by atoms with van der Waals surface area (Å²) < 4.78 is 1.03. The van der Waals surface area contributed by atoms with Gasteiger partial charge in [0.1, 0.15) is 0 Å². The van der Waals surface area contributed by atoms with Gasteiger partial charge in [-0.05, 0) is 59.5 Å². The molecule has 1 aliphatic carbocycles. The molecule has 2 N–H and O–H groups in total. The maximum absolute atomic E-state index is 5.23. The predicted molar refractivity (Wildman–Crippen MR) is 71.1 cm³/mol. The summed E-state index contributed by atoms with van der Waals surface area (Å²) in [6, 6.07) is 8.54. The van der Waals surface area contributed by atoms with Crippen molar-refractivity contribution >= 4 is 38.9 Å². The van der Waals surface area contributed by atoms with Crippen LogP contribution in [-0.2, 0) is 0 Å².